The molecule has 6 nitrogen and oxygen atoms in total. The lowest BCUT2D eigenvalue weighted by atomic mass is 9.98. The predicted molar refractivity (Wildman–Crippen MR) is 262 cm³/mol. The third kappa shape index (κ3) is 5.99. The number of benzene rings is 7. The molecule has 12 aromatic rings. The molecule has 0 radical (unpaired) electrons. The normalized spacial score (nSPS) is 11.4. The van der Waals surface area contributed by atoms with Crippen LogP contribution in [0.2, 0.25) is 0 Å². The van der Waals surface area contributed by atoms with Gasteiger partial charge in [0, 0.05) is 61.8 Å². The van der Waals surface area contributed by atoms with Crippen molar-refractivity contribution in [3.8, 4) is 67.3 Å². The largest absolute Gasteiger partial charge is 0.307 e. The van der Waals surface area contributed by atoms with Gasteiger partial charge in [0.25, 0.3) is 0 Å². The Hall–Kier alpha value is -8.92. The number of hydrogen-bond acceptors (Lipinski definition) is 3. The van der Waals surface area contributed by atoms with Gasteiger partial charge in [-0.25, -0.2) is 4.85 Å². The summed E-state index contributed by atoms with van der Waals surface area (Å²) in [7, 11) is 0. The van der Waals surface area contributed by atoms with Gasteiger partial charge in [-0.1, -0.05) is 140 Å². The van der Waals surface area contributed by atoms with Crippen molar-refractivity contribution in [2.45, 2.75) is 0 Å². The van der Waals surface area contributed by atoms with Crippen LogP contribution in [0.3, 0.4) is 0 Å². The molecule has 0 saturated carbocycles. The summed E-state index contributed by atoms with van der Waals surface area (Å²) in [6, 6.07) is 67.6. The summed E-state index contributed by atoms with van der Waals surface area (Å²) < 4.78 is 4.68. The molecule has 0 aliphatic carbocycles. The maximum Gasteiger partial charge on any atom is 0.187 e. The molecule has 5 heterocycles. The molecule has 5 aromatic heterocycles. The molecule has 64 heavy (non-hydrogen) atoms. The van der Waals surface area contributed by atoms with Gasteiger partial charge in [0.2, 0.25) is 0 Å². The Labute approximate surface area is 369 Å². The van der Waals surface area contributed by atoms with E-state index in [1.54, 1.807) is 0 Å². The molecule has 0 atom stereocenters. The molecular formula is C58H36N6. The van der Waals surface area contributed by atoms with Crippen LogP contribution in [-0.4, -0.2) is 24.1 Å². The molecule has 0 aliphatic rings. The zero-order valence-corrected chi connectivity index (χ0v) is 34.5. The topological polar surface area (TPSA) is 52.9 Å². The minimum atomic E-state index is 0.571. The van der Waals surface area contributed by atoms with E-state index in [9.17, 15) is 0 Å². The predicted octanol–water partition coefficient (Wildman–Crippen LogP) is 15.0. The van der Waals surface area contributed by atoms with Crippen LogP contribution in [0.4, 0.5) is 5.69 Å². The first-order chi connectivity index (χ1) is 31.7. The second kappa shape index (κ2) is 15.2. The lowest BCUT2D eigenvalue weighted by molar-refractivity contribution is 1.09. The molecule has 0 unspecified atom stereocenters. The summed E-state index contributed by atoms with van der Waals surface area (Å²) in [5.74, 6) is 0. The number of nitrogens with zero attached hydrogens (tertiary/aromatic N) is 6. The molecule has 0 saturated heterocycles. The fraction of sp³-hybridized carbons (Fsp3) is 0. The first kappa shape index (κ1) is 36.9. The van der Waals surface area contributed by atoms with Crippen LogP contribution in [-0.2, 0) is 0 Å². The fourth-order valence-corrected chi connectivity index (χ4v) is 9.53. The molecule has 6 heteroatoms. The van der Waals surface area contributed by atoms with E-state index >= 15 is 0 Å². The maximum absolute atomic E-state index is 8.04. The van der Waals surface area contributed by atoms with Gasteiger partial charge in [0.15, 0.2) is 5.69 Å². The molecule has 298 valence electrons. The van der Waals surface area contributed by atoms with Crippen molar-refractivity contribution < 1.29 is 0 Å². The van der Waals surface area contributed by atoms with Crippen molar-refractivity contribution in [1.82, 2.24) is 24.1 Å². The Morgan fingerprint density at radius 1 is 0.375 bits per heavy atom. The Bertz CT molecular complexity index is 3580. The second-order valence-electron chi connectivity index (χ2n) is 15.9. The van der Waals surface area contributed by atoms with Gasteiger partial charge >= 0.3 is 0 Å². The average molecular weight is 817 g/mol. The first-order valence-electron chi connectivity index (χ1n) is 21.3. The molecule has 12 rings (SSSR count). The number of pyridine rings is 3. The number of para-hydroxylation sites is 2. The SMILES string of the molecule is [C-]#[N+]c1cccc(-c2c(-n3c4ccccc4c4cc(-c5cccnc5-c5ccccc5)ccc43)cncc2-n2c3ccccc3c3cc(-c4cccnc4-c4ccccc4)ccc32)c1. The maximum atomic E-state index is 8.04. The van der Waals surface area contributed by atoms with Crippen molar-refractivity contribution in [3.05, 3.63) is 230 Å². The monoisotopic (exact) mass is 816 g/mol. The van der Waals surface area contributed by atoms with Gasteiger partial charge in [-0.05, 0) is 71.3 Å². The van der Waals surface area contributed by atoms with Crippen LogP contribution in [0.1, 0.15) is 0 Å². The van der Waals surface area contributed by atoms with Crippen LogP contribution in [0.15, 0.2) is 219 Å². The summed E-state index contributed by atoms with van der Waals surface area (Å²) in [6.07, 6.45) is 7.66. The second-order valence-corrected chi connectivity index (χ2v) is 15.9. The van der Waals surface area contributed by atoms with Gasteiger partial charge in [-0.2, -0.15) is 0 Å². The minimum Gasteiger partial charge on any atom is -0.307 e. The van der Waals surface area contributed by atoms with E-state index in [0.29, 0.717) is 5.69 Å². The molecule has 0 N–H and O–H groups in total. The van der Waals surface area contributed by atoms with Crippen molar-refractivity contribution >= 4 is 49.3 Å². The van der Waals surface area contributed by atoms with Crippen LogP contribution in [0.5, 0.6) is 0 Å². The third-order valence-corrected chi connectivity index (χ3v) is 12.3. The summed E-state index contributed by atoms with van der Waals surface area (Å²) in [5.41, 5.74) is 16.9. The molecule has 7 aromatic carbocycles. The molecule has 0 spiro atoms. The standard InChI is InChI=1S/C58H36N6/c1-59-43-20-12-19-42(33-43)56-54(63-50-25-10-8-21-46(50)48-34-40(27-29-52(48)63)44-23-13-31-61-57(44)38-15-4-2-5-16-38)36-60-37-55(56)64-51-26-11-9-22-47(51)49-35-41(28-30-53(49)64)45-24-14-32-62-58(45)39-17-6-3-7-18-39/h2-37H. The van der Waals surface area contributed by atoms with Crippen LogP contribution >= 0.6 is 0 Å². The summed E-state index contributed by atoms with van der Waals surface area (Å²) in [4.78, 5) is 18.6. The van der Waals surface area contributed by atoms with Gasteiger partial charge in [-0.15, -0.1) is 0 Å². The van der Waals surface area contributed by atoms with E-state index in [1.165, 1.54) is 0 Å². The zero-order chi connectivity index (χ0) is 42.6. The summed E-state index contributed by atoms with van der Waals surface area (Å²) in [5, 5.41) is 4.50. The minimum absolute atomic E-state index is 0.571. The lowest BCUT2D eigenvalue weighted by Gasteiger charge is -2.20. The van der Waals surface area contributed by atoms with Crippen molar-refractivity contribution in [3.63, 3.8) is 0 Å². The van der Waals surface area contributed by atoms with Gasteiger partial charge < -0.3 is 9.13 Å². The molecular weight excluding hydrogens is 781 g/mol. The zero-order valence-electron chi connectivity index (χ0n) is 34.5. The highest BCUT2D eigenvalue weighted by molar-refractivity contribution is 6.13. The Morgan fingerprint density at radius 2 is 0.844 bits per heavy atom. The number of fused-ring (bicyclic) bond motifs is 6. The van der Waals surface area contributed by atoms with E-state index in [0.717, 1.165) is 111 Å². The highest BCUT2D eigenvalue weighted by atomic mass is 15.0. The highest BCUT2D eigenvalue weighted by Crippen LogP contribution is 2.44. The fourth-order valence-electron chi connectivity index (χ4n) is 9.53. The van der Waals surface area contributed by atoms with E-state index in [1.807, 2.05) is 67.3 Å². The van der Waals surface area contributed by atoms with Crippen molar-refractivity contribution in [1.29, 1.82) is 0 Å². The van der Waals surface area contributed by atoms with Gasteiger partial charge in [0.1, 0.15) is 0 Å². The van der Waals surface area contributed by atoms with Gasteiger partial charge in [0.05, 0.1) is 63.8 Å². The van der Waals surface area contributed by atoms with Crippen molar-refractivity contribution in [2.24, 2.45) is 0 Å². The molecule has 0 aliphatic heterocycles. The summed E-state index contributed by atoms with van der Waals surface area (Å²) >= 11 is 0. The first-order valence-corrected chi connectivity index (χ1v) is 21.3. The number of rotatable bonds is 7. The Morgan fingerprint density at radius 3 is 1.36 bits per heavy atom. The van der Waals surface area contributed by atoms with Crippen LogP contribution in [0, 0.1) is 6.57 Å². The Balaban J connectivity index is 1.11. The van der Waals surface area contributed by atoms with Crippen molar-refractivity contribution in [2.75, 3.05) is 0 Å². The van der Waals surface area contributed by atoms with Crippen LogP contribution < -0.4 is 0 Å². The van der Waals surface area contributed by atoms with Gasteiger partial charge in [-0.3, -0.25) is 15.0 Å². The number of hydrogen-bond donors (Lipinski definition) is 0. The third-order valence-electron chi connectivity index (χ3n) is 12.3. The van der Waals surface area contributed by atoms with Crippen LogP contribution in [0.25, 0.3) is 116 Å². The Kier molecular flexibility index (Phi) is 8.77. The quantitative estimate of drug-likeness (QED) is 0.151. The molecule has 0 amide bonds. The van der Waals surface area contributed by atoms with E-state index in [-0.39, 0.29) is 0 Å². The van der Waals surface area contributed by atoms with E-state index in [4.69, 9.17) is 21.5 Å². The summed E-state index contributed by atoms with van der Waals surface area (Å²) in [6.45, 7) is 8.04. The average Bonchev–Trinajstić information content (AvgIpc) is 3.88. The van der Waals surface area contributed by atoms with E-state index < -0.39 is 0 Å². The smallest absolute Gasteiger partial charge is 0.187 e. The lowest BCUT2D eigenvalue weighted by Crippen LogP contribution is -2.05. The number of aromatic nitrogens is 5. The molecule has 0 fully saturated rings. The van der Waals surface area contributed by atoms with E-state index in [2.05, 4.69) is 166 Å². The molecule has 0 bridgehead atoms. The highest BCUT2D eigenvalue weighted by Gasteiger charge is 2.23.